The number of piperidine rings is 1. The molecule has 0 spiro atoms. The Hall–Kier alpha value is -3.35. The normalized spacial score (nSPS) is 16.6. The third-order valence-corrected chi connectivity index (χ3v) is 6.84. The molecule has 2 aliphatic rings. The van der Waals surface area contributed by atoms with E-state index in [1.807, 2.05) is 36.4 Å². The van der Waals surface area contributed by atoms with E-state index in [4.69, 9.17) is 4.74 Å². The molecule has 7 nitrogen and oxygen atoms in total. The van der Waals surface area contributed by atoms with E-state index < -0.39 is 24.5 Å². The van der Waals surface area contributed by atoms with Crippen molar-refractivity contribution in [1.82, 2.24) is 9.80 Å². The first-order chi connectivity index (χ1) is 15.9. The van der Waals surface area contributed by atoms with Crippen LogP contribution in [0, 0.1) is 5.92 Å². The fraction of sp³-hybridized carbons (Fsp3) is 0.423. The first-order valence-electron chi connectivity index (χ1n) is 11.4. The highest BCUT2D eigenvalue weighted by molar-refractivity contribution is 5.89. The number of likely N-dealkylation sites (tertiary alicyclic amines) is 1. The number of nitrogens with zero attached hydrogens (tertiary/aromatic N) is 2. The number of fused-ring (bicyclic) bond motifs is 3. The monoisotopic (exact) mass is 450 g/mol. The summed E-state index contributed by atoms with van der Waals surface area (Å²) in [6.07, 6.45) is 0.605. The third kappa shape index (κ3) is 4.72. The van der Waals surface area contributed by atoms with Gasteiger partial charge in [0.2, 0.25) is 5.91 Å². The van der Waals surface area contributed by atoms with Gasteiger partial charge in [-0.1, -0.05) is 55.5 Å². The molecule has 33 heavy (non-hydrogen) atoms. The molecule has 1 aliphatic carbocycles. The maximum absolute atomic E-state index is 13.1. The molecular weight excluding hydrogens is 420 g/mol. The van der Waals surface area contributed by atoms with E-state index in [0.717, 1.165) is 40.0 Å². The van der Waals surface area contributed by atoms with Crippen LogP contribution in [0.15, 0.2) is 48.5 Å². The molecule has 1 saturated heterocycles. The van der Waals surface area contributed by atoms with Crippen molar-refractivity contribution in [3.8, 4) is 11.1 Å². The maximum atomic E-state index is 13.1. The molecule has 2 amide bonds. The SMILES string of the molecule is CC1CCN(C(=O)C(CC(=O)O)N(C)C(=O)OCC2c3ccccc3-c3ccccc32)CC1. The average molecular weight is 451 g/mol. The van der Waals surface area contributed by atoms with Gasteiger partial charge < -0.3 is 14.7 Å². The van der Waals surface area contributed by atoms with Crippen LogP contribution in [0.2, 0.25) is 0 Å². The van der Waals surface area contributed by atoms with Gasteiger partial charge in [-0.15, -0.1) is 0 Å². The number of carbonyl (C=O) groups is 3. The zero-order chi connectivity index (χ0) is 23.5. The molecular formula is C26H30N2O5. The quantitative estimate of drug-likeness (QED) is 0.720. The van der Waals surface area contributed by atoms with E-state index in [2.05, 4.69) is 19.1 Å². The lowest BCUT2D eigenvalue weighted by molar-refractivity contribution is -0.145. The van der Waals surface area contributed by atoms with Crippen LogP contribution in [-0.2, 0) is 14.3 Å². The predicted molar refractivity (Wildman–Crippen MR) is 124 cm³/mol. The molecule has 0 bridgehead atoms. The van der Waals surface area contributed by atoms with Gasteiger partial charge in [0.15, 0.2) is 0 Å². The van der Waals surface area contributed by atoms with Gasteiger partial charge in [-0.05, 0) is 41.0 Å². The molecule has 1 atom stereocenters. The van der Waals surface area contributed by atoms with Crippen LogP contribution in [0.3, 0.4) is 0 Å². The minimum atomic E-state index is -1.13. The van der Waals surface area contributed by atoms with Crippen LogP contribution in [0.25, 0.3) is 11.1 Å². The molecule has 2 aromatic rings. The largest absolute Gasteiger partial charge is 0.481 e. The molecule has 0 saturated carbocycles. The van der Waals surface area contributed by atoms with Crippen molar-refractivity contribution in [3.63, 3.8) is 0 Å². The van der Waals surface area contributed by atoms with E-state index in [0.29, 0.717) is 19.0 Å². The number of hydrogen-bond donors (Lipinski definition) is 1. The van der Waals surface area contributed by atoms with Gasteiger partial charge in [-0.2, -0.15) is 0 Å². The van der Waals surface area contributed by atoms with Crippen molar-refractivity contribution in [1.29, 1.82) is 0 Å². The van der Waals surface area contributed by atoms with Gasteiger partial charge in [0, 0.05) is 26.1 Å². The Labute approximate surface area is 193 Å². The molecule has 0 aromatic heterocycles. The van der Waals surface area contributed by atoms with E-state index >= 15 is 0 Å². The summed E-state index contributed by atoms with van der Waals surface area (Å²) in [5, 5.41) is 9.38. The number of carbonyl (C=O) groups excluding carboxylic acids is 2. The molecule has 1 N–H and O–H groups in total. The highest BCUT2D eigenvalue weighted by Crippen LogP contribution is 2.44. The lowest BCUT2D eigenvalue weighted by Crippen LogP contribution is -2.52. The fourth-order valence-corrected chi connectivity index (χ4v) is 4.82. The van der Waals surface area contributed by atoms with Crippen molar-refractivity contribution >= 4 is 18.0 Å². The van der Waals surface area contributed by atoms with Crippen molar-refractivity contribution in [3.05, 3.63) is 59.7 Å². The molecule has 4 rings (SSSR count). The Bertz CT molecular complexity index is 999. The summed E-state index contributed by atoms with van der Waals surface area (Å²) in [5.41, 5.74) is 4.44. The highest BCUT2D eigenvalue weighted by atomic mass is 16.6. The zero-order valence-electron chi connectivity index (χ0n) is 19.1. The number of likely N-dealkylation sites (N-methyl/N-ethyl adjacent to an activating group) is 1. The molecule has 0 radical (unpaired) electrons. The third-order valence-electron chi connectivity index (χ3n) is 6.84. The number of ether oxygens (including phenoxy) is 1. The number of rotatable bonds is 6. The van der Waals surface area contributed by atoms with Crippen molar-refractivity contribution in [2.45, 2.75) is 38.1 Å². The van der Waals surface area contributed by atoms with E-state index in [1.54, 1.807) is 4.90 Å². The summed E-state index contributed by atoms with van der Waals surface area (Å²) in [6.45, 7) is 3.41. The van der Waals surface area contributed by atoms with Gasteiger partial charge in [-0.3, -0.25) is 14.5 Å². The first kappa shape index (κ1) is 22.8. The van der Waals surface area contributed by atoms with Crippen LogP contribution in [-0.4, -0.2) is 65.7 Å². The van der Waals surface area contributed by atoms with Gasteiger partial charge in [-0.25, -0.2) is 4.79 Å². The number of carboxylic acids is 1. The number of hydrogen-bond acceptors (Lipinski definition) is 4. The Morgan fingerprint density at radius 2 is 1.58 bits per heavy atom. The van der Waals surface area contributed by atoms with Gasteiger partial charge >= 0.3 is 12.1 Å². The second-order valence-electron chi connectivity index (χ2n) is 9.04. The van der Waals surface area contributed by atoms with E-state index in [-0.39, 0.29) is 18.4 Å². The van der Waals surface area contributed by atoms with Crippen LogP contribution in [0.4, 0.5) is 4.79 Å². The topological polar surface area (TPSA) is 87.2 Å². The van der Waals surface area contributed by atoms with Crippen LogP contribution in [0.1, 0.15) is 43.2 Å². The highest BCUT2D eigenvalue weighted by Gasteiger charge is 2.35. The summed E-state index contributed by atoms with van der Waals surface area (Å²) in [7, 11) is 1.44. The predicted octanol–water partition coefficient (Wildman–Crippen LogP) is 3.97. The fourth-order valence-electron chi connectivity index (χ4n) is 4.82. The smallest absolute Gasteiger partial charge is 0.410 e. The standard InChI is InChI=1S/C26H30N2O5/c1-17-11-13-28(14-12-17)25(31)23(15-24(29)30)27(2)26(32)33-16-22-20-9-5-3-7-18(20)19-8-4-6-10-21(19)22/h3-10,17,22-23H,11-16H2,1-2H3,(H,29,30). The van der Waals surface area contributed by atoms with Crippen molar-refractivity contribution < 1.29 is 24.2 Å². The van der Waals surface area contributed by atoms with Crippen molar-refractivity contribution in [2.24, 2.45) is 5.92 Å². The summed E-state index contributed by atoms with van der Waals surface area (Å²) in [4.78, 5) is 40.3. The summed E-state index contributed by atoms with van der Waals surface area (Å²) in [5.74, 6) is -1.03. The molecule has 7 heteroatoms. The molecule has 1 unspecified atom stereocenters. The Morgan fingerprint density at radius 1 is 1.03 bits per heavy atom. The minimum Gasteiger partial charge on any atom is -0.481 e. The molecule has 1 fully saturated rings. The van der Waals surface area contributed by atoms with Crippen LogP contribution in [0.5, 0.6) is 0 Å². The average Bonchev–Trinajstić information content (AvgIpc) is 3.14. The van der Waals surface area contributed by atoms with Crippen molar-refractivity contribution in [2.75, 3.05) is 26.7 Å². The van der Waals surface area contributed by atoms with Crippen LogP contribution >= 0.6 is 0 Å². The molecule has 1 heterocycles. The Kier molecular flexibility index (Phi) is 6.67. The molecule has 174 valence electrons. The zero-order valence-corrected chi connectivity index (χ0v) is 19.1. The number of carboxylic acid groups (broad SMARTS) is 1. The van der Waals surface area contributed by atoms with Gasteiger partial charge in [0.1, 0.15) is 12.6 Å². The summed E-state index contributed by atoms with van der Waals surface area (Å²) < 4.78 is 5.64. The summed E-state index contributed by atoms with van der Waals surface area (Å²) >= 11 is 0. The number of benzene rings is 2. The Balaban J connectivity index is 1.46. The lowest BCUT2D eigenvalue weighted by atomic mass is 9.98. The number of amides is 2. The van der Waals surface area contributed by atoms with Gasteiger partial charge in [0.05, 0.1) is 6.42 Å². The lowest BCUT2D eigenvalue weighted by Gasteiger charge is -2.35. The molecule has 1 aliphatic heterocycles. The number of aliphatic carboxylic acids is 1. The maximum Gasteiger partial charge on any atom is 0.410 e. The second-order valence-corrected chi connectivity index (χ2v) is 9.04. The van der Waals surface area contributed by atoms with E-state index in [9.17, 15) is 19.5 Å². The van der Waals surface area contributed by atoms with E-state index in [1.165, 1.54) is 7.05 Å². The molecule has 2 aromatic carbocycles. The minimum absolute atomic E-state index is 0.105. The first-order valence-corrected chi connectivity index (χ1v) is 11.4. The summed E-state index contributed by atoms with van der Waals surface area (Å²) in [6, 6.07) is 15.0. The van der Waals surface area contributed by atoms with Crippen LogP contribution < -0.4 is 0 Å². The second kappa shape index (κ2) is 9.65. The Morgan fingerprint density at radius 3 is 2.12 bits per heavy atom. The van der Waals surface area contributed by atoms with Gasteiger partial charge in [0.25, 0.3) is 0 Å².